The lowest BCUT2D eigenvalue weighted by Gasteiger charge is -2.39. The molecule has 7 N–H and O–H groups in total. The minimum Gasteiger partial charge on any atom is -0.574 e. The summed E-state index contributed by atoms with van der Waals surface area (Å²) in [5.41, 5.74) is 1.37. The lowest BCUT2D eigenvalue weighted by Crippen LogP contribution is -2.60. The second kappa shape index (κ2) is 8.13. The molecule has 2 aromatic carbocycles. The maximum Gasteiger partial charge on any atom is 0.270 e. The Bertz CT molecular complexity index is 925. The third-order valence-electron chi connectivity index (χ3n) is 5.15. The van der Waals surface area contributed by atoms with Gasteiger partial charge in [-0.25, -0.2) is 0 Å². The van der Waals surface area contributed by atoms with Gasteiger partial charge in [0.2, 0.25) is 12.4 Å². The number of ether oxygens (including phenoxy) is 3. The Morgan fingerprint density at radius 1 is 0.933 bits per heavy atom. The van der Waals surface area contributed by atoms with Crippen LogP contribution < -0.4 is 4.74 Å². The van der Waals surface area contributed by atoms with Gasteiger partial charge in [0.25, 0.3) is 5.75 Å². The van der Waals surface area contributed by atoms with Gasteiger partial charge in [0.05, 0.1) is 12.7 Å². The van der Waals surface area contributed by atoms with Crippen LogP contribution in [0.2, 0.25) is 0 Å². The zero-order valence-electron chi connectivity index (χ0n) is 15.7. The second-order valence-electron chi connectivity index (χ2n) is 7.22. The quantitative estimate of drug-likeness (QED) is 0.387. The maximum absolute atomic E-state index is 10.2. The van der Waals surface area contributed by atoms with Gasteiger partial charge in [0.1, 0.15) is 47.2 Å². The molecular weight excluding hydrogens is 396 g/mol. The summed E-state index contributed by atoms with van der Waals surface area (Å²) >= 11 is 0. The van der Waals surface area contributed by atoms with E-state index in [-0.39, 0.29) is 23.4 Å². The molecule has 4 rings (SSSR count). The normalized spacial score (nSPS) is 30.4. The molecule has 30 heavy (non-hydrogen) atoms. The third-order valence-corrected chi connectivity index (χ3v) is 5.15. The predicted octanol–water partition coefficient (Wildman–Crippen LogP) is 0.286. The van der Waals surface area contributed by atoms with Gasteiger partial charge in [0, 0.05) is 17.7 Å². The van der Waals surface area contributed by atoms with Gasteiger partial charge in [0.15, 0.2) is 0 Å². The van der Waals surface area contributed by atoms with Crippen LogP contribution in [0, 0.1) is 0 Å². The summed E-state index contributed by atoms with van der Waals surface area (Å²) in [6, 6.07) is 9.39. The summed E-state index contributed by atoms with van der Waals surface area (Å²) < 4.78 is 15.7. The van der Waals surface area contributed by atoms with Crippen LogP contribution in [-0.4, -0.2) is 72.7 Å². The van der Waals surface area contributed by atoms with Crippen molar-refractivity contribution in [3.63, 3.8) is 0 Å². The predicted molar refractivity (Wildman–Crippen MR) is 104 cm³/mol. The smallest absolute Gasteiger partial charge is 0.270 e. The molecule has 2 aliphatic heterocycles. The fraction of sp³-hybridized carbons (Fsp3) is 0.333. The summed E-state index contributed by atoms with van der Waals surface area (Å²) in [5.74, 6) is 0.609. The van der Waals surface area contributed by atoms with Crippen molar-refractivity contribution in [2.75, 3.05) is 6.61 Å². The summed E-state index contributed by atoms with van der Waals surface area (Å²) in [6.07, 6.45) is -3.91. The summed E-state index contributed by atoms with van der Waals surface area (Å²) in [7, 11) is 0. The van der Waals surface area contributed by atoms with Gasteiger partial charge in [-0.3, -0.25) is 0 Å². The number of hydrogen-bond donors (Lipinski definition) is 6. The van der Waals surface area contributed by atoms with Crippen molar-refractivity contribution in [3.8, 4) is 23.0 Å². The average molecular weight is 419 g/mol. The van der Waals surface area contributed by atoms with E-state index in [9.17, 15) is 30.6 Å². The first-order valence-corrected chi connectivity index (χ1v) is 9.39. The summed E-state index contributed by atoms with van der Waals surface area (Å²) in [5, 5.41) is 59.0. The molecule has 2 aromatic rings. The Balaban J connectivity index is 1.59. The Morgan fingerprint density at radius 2 is 1.67 bits per heavy atom. The maximum atomic E-state index is 10.2. The highest BCUT2D eigenvalue weighted by atomic mass is 16.7. The van der Waals surface area contributed by atoms with E-state index in [1.54, 1.807) is 30.3 Å². The summed E-state index contributed by atoms with van der Waals surface area (Å²) in [4.78, 5) is 0. The van der Waals surface area contributed by atoms with Crippen molar-refractivity contribution >= 4 is 6.08 Å². The van der Waals surface area contributed by atoms with Gasteiger partial charge < -0.3 is 44.8 Å². The fourth-order valence-corrected chi connectivity index (χ4v) is 3.50. The molecule has 1 fully saturated rings. The second-order valence-corrected chi connectivity index (χ2v) is 7.22. The Kier molecular flexibility index (Phi) is 5.54. The van der Waals surface area contributed by atoms with E-state index in [4.69, 9.17) is 9.47 Å². The van der Waals surface area contributed by atoms with E-state index in [0.717, 1.165) is 5.56 Å². The molecular formula is C21H23O9+. The number of benzene rings is 2. The van der Waals surface area contributed by atoms with E-state index in [1.807, 2.05) is 6.08 Å². The zero-order valence-corrected chi connectivity index (χ0v) is 15.7. The molecule has 2 aliphatic rings. The molecule has 0 radical (unpaired) electrons. The highest BCUT2D eigenvalue weighted by molar-refractivity contribution is 5.68. The molecule has 9 heteroatoms. The molecule has 6 atom stereocenters. The molecule has 1 saturated heterocycles. The van der Waals surface area contributed by atoms with E-state index in [2.05, 4.69) is 4.74 Å². The van der Waals surface area contributed by atoms with Crippen LogP contribution in [0.4, 0.5) is 0 Å². The van der Waals surface area contributed by atoms with Crippen LogP contribution in [0.5, 0.6) is 23.0 Å². The SMILES string of the molecule is OCC1OC(Oc2cc(O)cc3c2C=CC(c2ccc(O)cc2)[OH+]3)C(O)C(O)C1O. The van der Waals surface area contributed by atoms with Crippen LogP contribution in [-0.2, 0) is 4.74 Å². The van der Waals surface area contributed by atoms with Crippen LogP contribution in [0.1, 0.15) is 17.2 Å². The van der Waals surface area contributed by atoms with Crippen LogP contribution in [0.15, 0.2) is 42.5 Å². The van der Waals surface area contributed by atoms with Gasteiger partial charge in [-0.15, -0.1) is 0 Å². The lowest BCUT2D eigenvalue weighted by atomic mass is 9.99. The number of phenols is 2. The molecule has 0 amide bonds. The van der Waals surface area contributed by atoms with Crippen molar-refractivity contribution in [3.05, 3.63) is 53.6 Å². The summed E-state index contributed by atoms with van der Waals surface area (Å²) in [6.45, 7) is -0.577. The number of aromatic hydroxyl groups is 3. The third kappa shape index (κ3) is 3.81. The van der Waals surface area contributed by atoms with Crippen LogP contribution in [0.3, 0.4) is 0 Å². The fourth-order valence-electron chi connectivity index (χ4n) is 3.50. The van der Waals surface area contributed by atoms with E-state index in [1.165, 1.54) is 12.1 Å². The Hall–Kier alpha value is -2.82. The standard InChI is InChI=1S/C21H22O9/c22-9-17-18(25)19(26)20(27)21(30-17)29-16-8-12(24)7-15-13(16)5-6-14(28-15)10-1-3-11(23)4-2-10/h1-8,14,17-27H,9H2/p+1. The van der Waals surface area contributed by atoms with E-state index < -0.39 is 37.3 Å². The zero-order chi connectivity index (χ0) is 21.4. The number of aliphatic hydroxyl groups is 5. The van der Waals surface area contributed by atoms with Crippen molar-refractivity contribution in [2.24, 2.45) is 0 Å². The number of fused-ring (bicyclic) bond motifs is 1. The van der Waals surface area contributed by atoms with Crippen molar-refractivity contribution in [1.82, 2.24) is 0 Å². The monoisotopic (exact) mass is 419 g/mol. The number of phenolic OH excluding ortho intramolecular Hbond substituents is 2. The molecule has 9 nitrogen and oxygen atoms in total. The Morgan fingerprint density at radius 3 is 2.37 bits per heavy atom. The molecule has 0 aromatic heterocycles. The molecule has 2 heterocycles. The minimum atomic E-state index is -1.58. The van der Waals surface area contributed by atoms with Crippen molar-refractivity contribution in [1.29, 1.82) is 0 Å². The highest BCUT2D eigenvalue weighted by Crippen LogP contribution is 2.42. The molecule has 0 aliphatic carbocycles. The first-order valence-electron chi connectivity index (χ1n) is 9.39. The Labute approximate surface area is 171 Å². The minimum absolute atomic E-state index is 0.128. The van der Waals surface area contributed by atoms with Crippen molar-refractivity contribution < 1.29 is 44.8 Å². The lowest BCUT2D eigenvalue weighted by molar-refractivity contribution is -0.277. The number of aliphatic hydroxyl groups excluding tert-OH is 4. The first kappa shape index (κ1) is 20.5. The molecule has 0 saturated carbocycles. The van der Waals surface area contributed by atoms with Gasteiger partial charge in [-0.1, -0.05) is 0 Å². The number of hydrogen-bond acceptors (Lipinski definition) is 8. The van der Waals surface area contributed by atoms with Gasteiger partial charge >= 0.3 is 0 Å². The molecule has 6 unspecified atom stereocenters. The first-order chi connectivity index (χ1) is 14.4. The molecule has 0 spiro atoms. The van der Waals surface area contributed by atoms with Crippen LogP contribution >= 0.6 is 0 Å². The number of rotatable bonds is 4. The highest BCUT2D eigenvalue weighted by Gasteiger charge is 2.45. The molecule has 0 bridgehead atoms. The largest absolute Gasteiger partial charge is 0.574 e. The molecule has 160 valence electrons. The average Bonchev–Trinajstić information content (AvgIpc) is 2.74. The van der Waals surface area contributed by atoms with E-state index in [0.29, 0.717) is 11.3 Å². The van der Waals surface area contributed by atoms with Crippen molar-refractivity contribution in [2.45, 2.75) is 36.8 Å². The van der Waals surface area contributed by atoms with Crippen LogP contribution in [0.25, 0.3) is 6.08 Å². The topological polar surface area (TPSA) is 153 Å². The van der Waals surface area contributed by atoms with E-state index >= 15 is 0 Å². The van der Waals surface area contributed by atoms with Gasteiger partial charge in [-0.2, -0.15) is 0 Å². The van der Waals surface area contributed by atoms with Gasteiger partial charge in [-0.05, 0) is 30.3 Å².